The largest absolute Gasteiger partial charge is 0.0840 e. The summed E-state index contributed by atoms with van der Waals surface area (Å²) in [6, 6.07) is 6.58. The zero-order chi connectivity index (χ0) is 11.7. The molecule has 0 saturated heterocycles. The van der Waals surface area contributed by atoms with Gasteiger partial charge in [0.2, 0.25) is 0 Å². The van der Waals surface area contributed by atoms with E-state index in [0.717, 1.165) is 16.9 Å². The van der Waals surface area contributed by atoms with E-state index < -0.39 is 0 Å². The molecule has 0 amide bonds. The molecule has 0 heterocycles. The van der Waals surface area contributed by atoms with Crippen molar-refractivity contribution in [3.8, 4) is 0 Å². The Bertz CT molecular complexity index is 385. The lowest BCUT2D eigenvalue weighted by Crippen LogP contribution is -2.03. The molecule has 2 fully saturated rings. The molecule has 2 aliphatic carbocycles. The normalized spacial score (nSPS) is 22.4. The minimum atomic E-state index is 0.749. The van der Waals surface area contributed by atoms with Gasteiger partial charge in [-0.25, -0.2) is 0 Å². The lowest BCUT2D eigenvalue weighted by molar-refractivity contribution is 0.665. The third-order valence-electron chi connectivity index (χ3n) is 4.65. The van der Waals surface area contributed by atoms with Crippen molar-refractivity contribution in [1.82, 2.24) is 0 Å². The first-order valence-electron chi connectivity index (χ1n) is 7.14. The Morgan fingerprint density at radius 1 is 0.824 bits per heavy atom. The summed E-state index contributed by atoms with van der Waals surface area (Å²) in [7, 11) is 0. The Labute approximate surface area is 109 Å². The molecular formula is C16H21Cl. The van der Waals surface area contributed by atoms with E-state index in [4.69, 9.17) is 11.6 Å². The molecule has 3 rings (SSSR count). The molecule has 0 radical (unpaired) electrons. The van der Waals surface area contributed by atoms with Crippen LogP contribution in [-0.4, -0.2) is 0 Å². The summed E-state index contributed by atoms with van der Waals surface area (Å²) in [4.78, 5) is 0. The Morgan fingerprint density at radius 3 is 2.06 bits per heavy atom. The van der Waals surface area contributed by atoms with Gasteiger partial charge < -0.3 is 0 Å². The van der Waals surface area contributed by atoms with E-state index in [1.54, 1.807) is 5.56 Å². The molecule has 1 aromatic carbocycles. The van der Waals surface area contributed by atoms with Gasteiger partial charge in [0.1, 0.15) is 0 Å². The van der Waals surface area contributed by atoms with E-state index in [1.165, 1.54) is 56.9 Å². The van der Waals surface area contributed by atoms with Gasteiger partial charge in [-0.05, 0) is 54.7 Å². The quantitative estimate of drug-likeness (QED) is 0.634. The Hall–Kier alpha value is -0.490. The third kappa shape index (κ3) is 2.25. The van der Waals surface area contributed by atoms with E-state index in [1.807, 2.05) is 0 Å². The van der Waals surface area contributed by atoms with Gasteiger partial charge in [0.25, 0.3) is 0 Å². The minimum Gasteiger partial charge on any atom is -0.0840 e. The summed E-state index contributed by atoms with van der Waals surface area (Å²) in [6.07, 6.45) is 11.0. The molecule has 2 saturated carbocycles. The second-order valence-electron chi connectivity index (χ2n) is 5.71. The van der Waals surface area contributed by atoms with Crippen LogP contribution in [0.4, 0.5) is 0 Å². The first kappa shape index (κ1) is 11.6. The highest BCUT2D eigenvalue weighted by Crippen LogP contribution is 2.44. The highest BCUT2D eigenvalue weighted by Gasteiger charge is 2.26. The molecule has 0 aromatic heterocycles. The second-order valence-corrected chi connectivity index (χ2v) is 6.11. The van der Waals surface area contributed by atoms with Crippen LogP contribution in [0.2, 0.25) is 5.02 Å². The Kier molecular flexibility index (Phi) is 3.42. The smallest absolute Gasteiger partial charge is 0.0443 e. The van der Waals surface area contributed by atoms with Crippen LogP contribution in [0.1, 0.15) is 74.3 Å². The first-order valence-corrected chi connectivity index (χ1v) is 7.52. The maximum Gasteiger partial charge on any atom is 0.0443 e. The van der Waals surface area contributed by atoms with Crippen molar-refractivity contribution in [1.29, 1.82) is 0 Å². The van der Waals surface area contributed by atoms with Crippen LogP contribution in [-0.2, 0) is 0 Å². The molecule has 0 nitrogen and oxygen atoms in total. The fourth-order valence-corrected chi connectivity index (χ4v) is 4.13. The molecule has 2 aliphatic rings. The van der Waals surface area contributed by atoms with Crippen molar-refractivity contribution in [3.63, 3.8) is 0 Å². The molecule has 0 aliphatic heterocycles. The number of benzene rings is 1. The monoisotopic (exact) mass is 248 g/mol. The second kappa shape index (κ2) is 5.02. The standard InChI is InChI=1S/C16H21Cl/c17-15-11-5-10-14(12-6-1-2-7-12)16(15)13-8-3-4-9-13/h5,10-13H,1-4,6-9H2. The molecule has 0 unspecified atom stereocenters. The molecule has 0 spiro atoms. The number of halogens is 1. The van der Waals surface area contributed by atoms with Gasteiger partial charge in [-0.1, -0.05) is 49.4 Å². The number of hydrogen-bond acceptors (Lipinski definition) is 0. The SMILES string of the molecule is Clc1cccc(C2CCCC2)c1C1CCCC1. The summed E-state index contributed by atoms with van der Waals surface area (Å²) < 4.78 is 0. The summed E-state index contributed by atoms with van der Waals surface area (Å²) in [5.41, 5.74) is 3.10. The maximum atomic E-state index is 6.49. The zero-order valence-corrected chi connectivity index (χ0v) is 11.2. The zero-order valence-electron chi connectivity index (χ0n) is 10.4. The van der Waals surface area contributed by atoms with Gasteiger partial charge in [0.05, 0.1) is 0 Å². The van der Waals surface area contributed by atoms with Gasteiger partial charge in [-0.2, -0.15) is 0 Å². The van der Waals surface area contributed by atoms with E-state index in [2.05, 4.69) is 18.2 Å². The fraction of sp³-hybridized carbons (Fsp3) is 0.625. The van der Waals surface area contributed by atoms with Crippen molar-refractivity contribution in [2.24, 2.45) is 0 Å². The van der Waals surface area contributed by atoms with Crippen LogP contribution in [0, 0.1) is 0 Å². The molecular weight excluding hydrogens is 228 g/mol. The van der Waals surface area contributed by atoms with Gasteiger partial charge >= 0.3 is 0 Å². The molecule has 17 heavy (non-hydrogen) atoms. The van der Waals surface area contributed by atoms with E-state index in [0.29, 0.717) is 0 Å². The summed E-state index contributed by atoms with van der Waals surface area (Å²) in [6.45, 7) is 0. The van der Waals surface area contributed by atoms with Crippen LogP contribution in [0.15, 0.2) is 18.2 Å². The predicted molar refractivity (Wildman–Crippen MR) is 73.9 cm³/mol. The maximum absolute atomic E-state index is 6.49. The summed E-state index contributed by atoms with van der Waals surface area (Å²) >= 11 is 6.49. The van der Waals surface area contributed by atoms with Crippen molar-refractivity contribution < 1.29 is 0 Å². The Morgan fingerprint density at radius 2 is 1.41 bits per heavy atom. The lowest BCUT2D eigenvalue weighted by Gasteiger charge is -2.21. The van der Waals surface area contributed by atoms with Crippen LogP contribution >= 0.6 is 11.6 Å². The van der Waals surface area contributed by atoms with Crippen LogP contribution in [0.25, 0.3) is 0 Å². The summed E-state index contributed by atoms with van der Waals surface area (Å²) in [5, 5.41) is 1.03. The van der Waals surface area contributed by atoms with Crippen LogP contribution < -0.4 is 0 Å². The topological polar surface area (TPSA) is 0 Å². The van der Waals surface area contributed by atoms with Crippen molar-refractivity contribution in [3.05, 3.63) is 34.3 Å². The first-order chi connectivity index (χ1) is 8.36. The molecule has 0 N–H and O–H groups in total. The Balaban J connectivity index is 1.98. The van der Waals surface area contributed by atoms with Gasteiger partial charge in [0.15, 0.2) is 0 Å². The fourth-order valence-electron chi connectivity index (χ4n) is 3.79. The van der Waals surface area contributed by atoms with Crippen LogP contribution in [0.5, 0.6) is 0 Å². The average molecular weight is 249 g/mol. The van der Waals surface area contributed by atoms with Crippen molar-refractivity contribution >= 4 is 11.6 Å². The number of hydrogen-bond donors (Lipinski definition) is 0. The molecule has 1 aromatic rings. The van der Waals surface area contributed by atoms with Gasteiger partial charge in [-0.15, -0.1) is 0 Å². The van der Waals surface area contributed by atoms with E-state index in [-0.39, 0.29) is 0 Å². The average Bonchev–Trinajstić information content (AvgIpc) is 3.02. The van der Waals surface area contributed by atoms with Crippen molar-refractivity contribution in [2.75, 3.05) is 0 Å². The van der Waals surface area contributed by atoms with E-state index in [9.17, 15) is 0 Å². The minimum absolute atomic E-state index is 0.749. The molecule has 92 valence electrons. The number of rotatable bonds is 2. The molecule has 0 bridgehead atoms. The van der Waals surface area contributed by atoms with Crippen LogP contribution in [0.3, 0.4) is 0 Å². The molecule has 0 atom stereocenters. The predicted octanol–water partition coefficient (Wildman–Crippen LogP) is 5.66. The highest BCUT2D eigenvalue weighted by molar-refractivity contribution is 6.31. The molecule has 1 heteroatoms. The third-order valence-corrected chi connectivity index (χ3v) is 4.97. The van der Waals surface area contributed by atoms with Gasteiger partial charge in [0, 0.05) is 5.02 Å². The van der Waals surface area contributed by atoms with E-state index >= 15 is 0 Å². The summed E-state index contributed by atoms with van der Waals surface area (Å²) in [5.74, 6) is 1.54. The lowest BCUT2D eigenvalue weighted by atomic mass is 9.86. The highest BCUT2D eigenvalue weighted by atomic mass is 35.5. The van der Waals surface area contributed by atoms with Gasteiger partial charge in [-0.3, -0.25) is 0 Å². The van der Waals surface area contributed by atoms with Crippen molar-refractivity contribution in [2.45, 2.75) is 63.2 Å².